The van der Waals surface area contributed by atoms with E-state index in [1.54, 1.807) is 0 Å². The Bertz CT molecular complexity index is 217. The van der Waals surface area contributed by atoms with Gasteiger partial charge in [-0.15, -0.1) is 0 Å². The van der Waals surface area contributed by atoms with Gasteiger partial charge >= 0.3 is 0 Å². The molecule has 1 heterocycles. The first-order chi connectivity index (χ1) is 8.47. The minimum absolute atomic E-state index is 0.175. The van der Waals surface area contributed by atoms with Gasteiger partial charge < -0.3 is 14.8 Å². The van der Waals surface area contributed by atoms with Crippen molar-refractivity contribution in [1.82, 2.24) is 5.32 Å². The largest absolute Gasteiger partial charge is 0.381 e. The van der Waals surface area contributed by atoms with Crippen LogP contribution in [0.25, 0.3) is 0 Å². The summed E-state index contributed by atoms with van der Waals surface area (Å²) >= 11 is 0. The van der Waals surface area contributed by atoms with Crippen LogP contribution in [0.15, 0.2) is 0 Å². The monoisotopic (exact) mass is 257 g/mol. The van der Waals surface area contributed by atoms with Gasteiger partial charge in [0.05, 0.1) is 6.61 Å². The third-order valence-corrected chi connectivity index (χ3v) is 3.52. The highest BCUT2D eigenvalue weighted by Crippen LogP contribution is 2.32. The Kier molecular flexibility index (Phi) is 6.61. The van der Waals surface area contributed by atoms with Crippen LogP contribution < -0.4 is 5.32 Å². The van der Waals surface area contributed by atoms with E-state index in [1.165, 1.54) is 12.8 Å². The molecule has 3 nitrogen and oxygen atoms in total. The third kappa shape index (κ3) is 6.17. The van der Waals surface area contributed by atoms with E-state index in [4.69, 9.17) is 9.47 Å². The lowest BCUT2D eigenvalue weighted by Crippen LogP contribution is -2.47. The smallest absolute Gasteiger partial charge is 0.0535 e. The fourth-order valence-corrected chi connectivity index (χ4v) is 2.32. The summed E-state index contributed by atoms with van der Waals surface area (Å²) in [6.45, 7) is 13.4. The first kappa shape index (κ1) is 15.9. The Balaban J connectivity index is 2.41. The van der Waals surface area contributed by atoms with Gasteiger partial charge in [0, 0.05) is 37.3 Å². The van der Waals surface area contributed by atoms with Crippen LogP contribution >= 0.6 is 0 Å². The van der Waals surface area contributed by atoms with Crippen molar-refractivity contribution in [3.63, 3.8) is 0 Å². The number of ether oxygens (including phenoxy) is 2. The molecule has 0 spiro atoms. The van der Waals surface area contributed by atoms with E-state index in [-0.39, 0.29) is 11.0 Å². The average Bonchev–Trinajstić information content (AvgIpc) is 2.33. The highest BCUT2D eigenvalue weighted by Gasteiger charge is 2.33. The van der Waals surface area contributed by atoms with Gasteiger partial charge in [0.25, 0.3) is 0 Å². The van der Waals surface area contributed by atoms with Crippen molar-refractivity contribution in [3.8, 4) is 0 Å². The molecule has 0 saturated carbocycles. The number of hydrogen-bond donors (Lipinski definition) is 1. The van der Waals surface area contributed by atoms with Gasteiger partial charge in [-0.05, 0) is 46.5 Å². The first-order valence-corrected chi connectivity index (χ1v) is 7.38. The van der Waals surface area contributed by atoms with Gasteiger partial charge in [-0.3, -0.25) is 0 Å². The quantitative estimate of drug-likeness (QED) is 0.711. The second-order valence-electron chi connectivity index (χ2n) is 6.62. The molecule has 0 radical (unpaired) electrons. The lowest BCUT2D eigenvalue weighted by atomic mass is 9.79. The van der Waals surface area contributed by atoms with E-state index >= 15 is 0 Å². The first-order valence-electron chi connectivity index (χ1n) is 7.38. The van der Waals surface area contributed by atoms with Crippen LogP contribution in [0.1, 0.15) is 53.4 Å². The molecule has 18 heavy (non-hydrogen) atoms. The van der Waals surface area contributed by atoms with Crippen LogP contribution in [0.5, 0.6) is 0 Å². The molecular weight excluding hydrogens is 226 g/mol. The minimum atomic E-state index is 0.175. The Labute approximate surface area is 113 Å². The molecule has 1 unspecified atom stereocenters. The molecule has 0 aromatic rings. The summed E-state index contributed by atoms with van der Waals surface area (Å²) in [4.78, 5) is 0. The lowest BCUT2D eigenvalue weighted by molar-refractivity contribution is -0.0296. The van der Waals surface area contributed by atoms with E-state index in [0.717, 1.165) is 45.8 Å². The fraction of sp³-hybridized carbons (Fsp3) is 1.00. The predicted molar refractivity (Wildman–Crippen MR) is 76.0 cm³/mol. The van der Waals surface area contributed by atoms with Gasteiger partial charge in [-0.1, -0.05) is 6.92 Å². The highest BCUT2D eigenvalue weighted by atomic mass is 16.5. The molecule has 1 aliphatic rings. The summed E-state index contributed by atoms with van der Waals surface area (Å²) in [6.07, 6.45) is 4.64. The van der Waals surface area contributed by atoms with Crippen LogP contribution in [-0.4, -0.2) is 38.5 Å². The zero-order chi connectivity index (χ0) is 13.5. The Hall–Kier alpha value is -0.120. The zero-order valence-corrected chi connectivity index (χ0v) is 12.7. The summed E-state index contributed by atoms with van der Waals surface area (Å²) < 4.78 is 11.4. The molecule has 0 aromatic carbocycles. The maximum atomic E-state index is 5.71. The molecule has 108 valence electrons. The van der Waals surface area contributed by atoms with Crippen LogP contribution in [0, 0.1) is 5.41 Å². The Morgan fingerprint density at radius 3 is 2.61 bits per heavy atom. The number of rotatable bonds is 7. The normalized spacial score (nSPS) is 25.3. The van der Waals surface area contributed by atoms with Crippen molar-refractivity contribution in [2.24, 2.45) is 5.41 Å². The van der Waals surface area contributed by atoms with Crippen molar-refractivity contribution < 1.29 is 9.47 Å². The second-order valence-corrected chi connectivity index (χ2v) is 6.62. The van der Waals surface area contributed by atoms with Gasteiger partial charge in [-0.2, -0.15) is 0 Å². The summed E-state index contributed by atoms with van der Waals surface area (Å²) in [7, 11) is 0. The molecule has 0 aliphatic carbocycles. The molecule has 0 bridgehead atoms. The molecule has 1 atom stereocenters. The van der Waals surface area contributed by atoms with Crippen molar-refractivity contribution >= 4 is 0 Å². The van der Waals surface area contributed by atoms with Crippen molar-refractivity contribution in [2.45, 2.75) is 58.9 Å². The second kappa shape index (κ2) is 7.46. The Morgan fingerprint density at radius 2 is 2.06 bits per heavy atom. The summed E-state index contributed by atoms with van der Waals surface area (Å²) in [5.74, 6) is 0. The summed E-state index contributed by atoms with van der Waals surface area (Å²) in [6, 6.07) is 0. The molecule has 1 aliphatic heterocycles. The van der Waals surface area contributed by atoms with Gasteiger partial charge in [0.15, 0.2) is 0 Å². The van der Waals surface area contributed by atoms with Gasteiger partial charge in [0.2, 0.25) is 0 Å². The minimum Gasteiger partial charge on any atom is -0.381 e. The van der Waals surface area contributed by atoms with E-state index in [2.05, 4.69) is 33.0 Å². The van der Waals surface area contributed by atoms with E-state index in [1.807, 2.05) is 0 Å². The molecule has 1 saturated heterocycles. The van der Waals surface area contributed by atoms with E-state index < -0.39 is 0 Å². The van der Waals surface area contributed by atoms with Crippen LogP contribution in [0.3, 0.4) is 0 Å². The highest BCUT2D eigenvalue weighted by molar-refractivity contribution is 4.86. The average molecular weight is 257 g/mol. The summed E-state index contributed by atoms with van der Waals surface area (Å²) in [5.41, 5.74) is 0.452. The molecule has 0 amide bonds. The van der Waals surface area contributed by atoms with Crippen LogP contribution in [-0.2, 0) is 9.47 Å². The summed E-state index contributed by atoms with van der Waals surface area (Å²) in [5, 5.41) is 3.64. The molecule has 1 fully saturated rings. The topological polar surface area (TPSA) is 30.5 Å². The standard InChI is InChI=1S/C15H31NO2/c1-5-9-17-11-8-15(7-6-10-18-13-15)12-16-14(2,3)4/h16H,5-13H2,1-4H3. The maximum Gasteiger partial charge on any atom is 0.0535 e. The van der Waals surface area contributed by atoms with Crippen LogP contribution in [0.4, 0.5) is 0 Å². The Morgan fingerprint density at radius 1 is 1.28 bits per heavy atom. The number of hydrogen-bond acceptors (Lipinski definition) is 3. The number of nitrogens with one attached hydrogen (secondary N) is 1. The molecule has 3 heteroatoms. The SMILES string of the molecule is CCCOCCC1(CNC(C)(C)C)CCCOC1. The zero-order valence-electron chi connectivity index (χ0n) is 12.7. The van der Waals surface area contributed by atoms with Gasteiger partial charge in [-0.25, -0.2) is 0 Å². The van der Waals surface area contributed by atoms with Crippen molar-refractivity contribution in [3.05, 3.63) is 0 Å². The van der Waals surface area contributed by atoms with Gasteiger partial charge in [0.1, 0.15) is 0 Å². The van der Waals surface area contributed by atoms with Crippen molar-refractivity contribution in [1.29, 1.82) is 0 Å². The molecule has 0 aromatic heterocycles. The fourth-order valence-electron chi connectivity index (χ4n) is 2.32. The van der Waals surface area contributed by atoms with E-state index in [9.17, 15) is 0 Å². The third-order valence-electron chi connectivity index (χ3n) is 3.52. The molecule has 1 rings (SSSR count). The molecular formula is C15H31NO2. The van der Waals surface area contributed by atoms with E-state index in [0.29, 0.717) is 0 Å². The van der Waals surface area contributed by atoms with Crippen LogP contribution in [0.2, 0.25) is 0 Å². The molecule has 1 N–H and O–H groups in total. The lowest BCUT2D eigenvalue weighted by Gasteiger charge is -2.39. The predicted octanol–water partition coefficient (Wildman–Crippen LogP) is 2.99. The van der Waals surface area contributed by atoms with Crippen molar-refractivity contribution in [2.75, 3.05) is 33.0 Å². The maximum absolute atomic E-state index is 5.71.